The number of thioether (sulfide) groups is 1. The molecule has 3 amide bonds. The summed E-state index contributed by atoms with van der Waals surface area (Å²) in [7, 11) is 1.45. The molecule has 0 spiro atoms. The molecule has 0 saturated heterocycles. The predicted molar refractivity (Wildman–Crippen MR) is 207 cm³/mol. The molecule has 52 heavy (non-hydrogen) atoms. The lowest BCUT2D eigenvalue weighted by Gasteiger charge is -2.28. The van der Waals surface area contributed by atoms with Crippen molar-refractivity contribution < 1.29 is 28.2 Å². The molecule has 0 bridgehead atoms. The summed E-state index contributed by atoms with van der Waals surface area (Å²) in [5.41, 5.74) is 2.83. The maximum atomic E-state index is 14.2. The van der Waals surface area contributed by atoms with Gasteiger partial charge in [0.2, 0.25) is 5.91 Å². The number of hydrogen-bond donors (Lipinski definition) is 1. The Morgan fingerprint density at radius 1 is 1.00 bits per heavy atom. The molecule has 0 radical (unpaired) electrons. The molecule has 1 heterocycles. The highest BCUT2D eigenvalue weighted by atomic mass is 79.9. The van der Waals surface area contributed by atoms with Gasteiger partial charge in [-0.25, -0.2) is 4.39 Å². The number of amides is 3. The van der Waals surface area contributed by atoms with Crippen molar-refractivity contribution in [2.45, 2.75) is 19.6 Å². The first-order chi connectivity index (χ1) is 25.2. The largest absolute Gasteiger partial charge is 0.493 e. The maximum absolute atomic E-state index is 14.2. The van der Waals surface area contributed by atoms with Crippen molar-refractivity contribution in [1.29, 1.82) is 0 Å². The fourth-order valence-corrected chi connectivity index (χ4v) is 6.50. The zero-order valence-corrected chi connectivity index (χ0v) is 30.8. The van der Waals surface area contributed by atoms with E-state index in [0.717, 1.165) is 22.9 Å². The van der Waals surface area contributed by atoms with E-state index < -0.39 is 23.7 Å². The number of carbonyl (C=O) groups is 3. The van der Waals surface area contributed by atoms with Crippen LogP contribution in [0.3, 0.4) is 0 Å². The van der Waals surface area contributed by atoms with Crippen molar-refractivity contribution in [3.05, 3.63) is 172 Å². The van der Waals surface area contributed by atoms with Gasteiger partial charge in [0.25, 0.3) is 11.8 Å². The van der Waals surface area contributed by atoms with Gasteiger partial charge in [-0.3, -0.25) is 19.3 Å². The Bertz CT molecular complexity index is 2040. The van der Waals surface area contributed by atoms with Crippen LogP contribution >= 0.6 is 27.7 Å². The lowest BCUT2D eigenvalue weighted by atomic mass is 9.99. The highest BCUT2D eigenvalue weighted by molar-refractivity contribution is 9.10. The van der Waals surface area contributed by atoms with Crippen molar-refractivity contribution in [2.75, 3.05) is 12.9 Å². The van der Waals surface area contributed by atoms with Gasteiger partial charge in [-0.15, -0.1) is 0 Å². The molecular formula is C41H35BrFN3O5S. The molecule has 11 heteroatoms. The first-order valence-electron chi connectivity index (χ1n) is 16.1. The van der Waals surface area contributed by atoms with Crippen molar-refractivity contribution in [2.24, 2.45) is 4.99 Å². The Labute approximate surface area is 314 Å². The number of carbonyl (C=O) groups excluding carboxylic acids is 3. The number of amidine groups is 1. The van der Waals surface area contributed by atoms with E-state index in [9.17, 15) is 18.8 Å². The average molecular weight is 781 g/mol. The molecule has 0 aromatic heterocycles. The van der Waals surface area contributed by atoms with E-state index in [1.807, 2.05) is 60.7 Å². The van der Waals surface area contributed by atoms with Gasteiger partial charge in [0, 0.05) is 15.7 Å². The second-order valence-electron chi connectivity index (χ2n) is 11.2. The van der Waals surface area contributed by atoms with Crippen LogP contribution in [0.15, 0.2) is 149 Å². The summed E-state index contributed by atoms with van der Waals surface area (Å²) in [6.07, 6.45) is 7.99. The molecule has 4 aromatic rings. The molecular weight excluding hydrogens is 745 g/mol. The molecule has 0 unspecified atom stereocenters. The summed E-state index contributed by atoms with van der Waals surface area (Å²) in [4.78, 5) is 46.7. The van der Waals surface area contributed by atoms with Gasteiger partial charge in [-0.2, -0.15) is 4.99 Å². The van der Waals surface area contributed by atoms with Gasteiger partial charge in [-0.1, -0.05) is 131 Å². The van der Waals surface area contributed by atoms with Crippen LogP contribution in [0.2, 0.25) is 0 Å². The van der Waals surface area contributed by atoms with Gasteiger partial charge in [0.1, 0.15) is 18.0 Å². The monoisotopic (exact) mass is 779 g/mol. The molecule has 0 saturated carbocycles. The van der Waals surface area contributed by atoms with Gasteiger partial charge in [0.15, 0.2) is 16.7 Å². The van der Waals surface area contributed by atoms with Crippen LogP contribution in [0.5, 0.6) is 11.5 Å². The maximum Gasteiger partial charge on any atom is 0.285 e. The number of methoxy groups -OCH3 is 1. The summed E-state index contributed by atoms with van der Waals surface area (Å²) < 4.78 is 26.1. The van der Waals surface area contributed by atoms with Crippen molar-refractivity contribution in [1.82, 2.24) is 10.2 Å². The molecule has 264 valence electrons. The van der Waals surface area contributed by atoms with Crippen LogP contribution < -0.4 is 14.8 Å². The van der Waals surface area contributed by atoms with Gasteiger partial charge >= 0.3 is 0 Å². The SMILES string of the molecule is C=C/C=C\C(=C/C)N1C(=O)/C(=C/c2cc(OC)c(OCc3ccccc3F)cc2Br)C(=O)N=C1SCC(=O)NC(c1ccccc1)c1ccccc1. The number of ether oxygens (including phenoxy) is 2. The number of hydrogen-bond acceptors (Lipinski definition) is 6. The third-order valence-electron chi connectivity index (χ3n) is 7.84. The highest BCUT2D eigenvalue weighted by Gasteiger charge is 2.35. The normalized spacial score (nSPS) is 14.2. The van der Waals surface area contributed by atoms with Crippen molar-refractivity contribution >= 4 is 56.7 Å². The standard InChI is InChI=1S/C41H35BrFN3O5S/c1-4-6-20-31(5-2)46-40(49)32(22-30-23-35(50-3)36(24-33(30)42)51-25-29-19-13-14-21-34(29)43)39(48)45-41(46)52-26-37(47)44-38(27-15-9-7-10-16-27)28-17-11-8-12-18-28/h4-24,38H,1,25-26H2,2-3H3,(H,44,47)/b20-6-,31-5+,32-22+. The minimum atomic E-state index is -0.774. The molecule has 8 nitrogen and oxygen atoms in total. The lowest BCUT2D eigenvalue weighted by Crippen LogP contribution is -2.42. The zero-order valence-electron chi connectivity index (χ0n) is 28.4. The van der Waals surface area contributed by atoms with Crippen LogP contribution in [0.4, 0.5) is 4.39 Å². The van der Waals surface area contributed by atoms with Gasteiger partial charge in [0.05, 0.1) is 18.9 Å². The van der Waals surface area contributed by atoms with Crippen LogP contribution in [0.25, 0.3) is 6.08 Å². The summed E-state index contributed by atoms with van der Waals surface area (Å²) >= 11 is 4.48. The van der Waals surface area contributed by atoms with E-state index >= 15 is 0 Å². The fraction of sp³-hybridized carbons (Fsp3) is 0.122. The van der Waals surface area contributed by atoms with E-state index in [1.54, 1.807) is 61.6 Å². The number of rotatable bonds is 13. The Balaban J connectivity index is 1.42. The molecule has 1 N–H and O–H groups in total. The number of aliphatic imine (C=N–C) groups is 1. The van der Waals surface area contributed by atoms with Crippen LogP contribution in [-0.2, 0) is 21.0 Å². The Kier molecular flexibility index (Phi) is 13.1. The molecule has 0 fully saturated rings. The minimum absolute atomic E-state index is 0.0431. The van der Waals surface area contributed by atoms with E-state index in [0.29, 0.717) is 32.8 Å². The summed E-state index contributed by atoms with van der Waals surface area (Å²) in [6.45, 7) is 5.42. The highest BCUT2D eigenvalue weighted by Crippen LogP contribution is 2.36. The molecule has 4 aromatic carbocycles. The quantitative estimate of drug-likeness (QED) is 0.0830. The molecule has 5 rings (SSSR count). The van der Waals surface area contributed by atoms with E-state index in [1.165, 1.54) is 24.2 Å². The van der Waals surface area contributed by atoms with Crippen LogP contribution in [0.1, 0.15) is 35.2 Å². The molecule has 0 aliphatic carbocycles. The van der Waals surface area contributed by atoms with Gasteiger partial charge < -0.3 is 14.8 Å². The lowest BCUT2D eigenvalue weighted by molar-refractivity contribution is -0.126. The molecule has 1 aliphatic heterocycles. The summed E-state index contributed by atoms with van der Waals surface area (Å²) in [5, 5.41) is 3.14. The molecule has 0 atom stereocenters. The van der Waals surface area contributed by atoms with Crippen molar-refractivity contribution in [3.63, 3.8) is 0 Å². The third-order valence-corrected chi connectivity index (χ3v) is 9.46. The number of halogens is 2. The fourth-order valence-electron chi connectivity index (χ4n) is 5.25. The number of benzene rings is 4. The summed E-state index contributed by atoms with van der Waals surface area (Å²) in [6, 6.07) is 28.3. The van der Waals surface area contributed by atoms with Crippen LogP contribution in [-0.4, -0.2) is 40.7 Å². The van der Waals surface area contributed by atoms with E-state index in [4.69, 9.17) is 9.47 Å². The van der Waals surface area contributed by atoms with E-state index in [2.05, 4.69) is 32.8 Å². The van der Waals surface area contributed by atoms with E-state index in [-0.39, 0.29) is 29.0 Å². The topological polar surface area (TPSA) is 97.3 Å². The number of nitrogens with zero attached hydrogens (tertiary/aromatic N) is 2. The third kappa shape index (κ3) is 9.22. The second kappa shape index (κ2) is 18.1. The first-order valence-corrected chi connectivity index (χ1v) is 17.9. The Hall–Kier alpha value is -5.52. The average Bonchev–Trinajstić information content (AvgIpc) is 3.16. The molecule has 1 aliphatic rings. The number of allylic oxidation sites excluding steroid dienone is 4. The minimum Gasteiger partial charge on any atom is -0.493 e. The summed E-state index contributed by atoms with van der Waals surface area (Å²) in [5.74, 6) is -1.62. The van der Waals surface area contributed by atoms with Gasteiger partial charge in [-0.05, 0) is 54.0 Å². The van der Waals surface area contributed by atoms with Crippen LogP contribution in [0, 0.1) is 5.82 Å². The second-order valence-corrected chi connectivity index (χ2v) is 13.0. The zero-order chi connectivity index (χ0) is 37.0. The number of nitrogens with one attached hydrogen (secondary N) is 1. The Morgan fingerprint density at radius 3 is 2.27 bits per heavy atom. The first kappa shape index (κ1) is 37.7. The predicted octanol–water partition coefficient (Wildman–Crippen LogP) is 8.57. The van der Waals surface area contributed by atoms with Crippen molar-refractivity contribution in [3.8, 4) is 11.5 Å². The smallest absolute Gasteiger partial charge is 0.285 e. The Morgan fingerprint density at radius 2 is 1.65 bits per heavy atom.